The van der Waals surface area contributed by atoms with Crippen LogP contribution < -0.4 is 4.74 Å². The van der Waals surface area contributed by atoms with E-state index in [2.05, 4.69) is 13.0 Å². The monoisotopic (exact) mass is 446 g/mol. The SMILES string of the molecule is CCCCCC1CCC(C2CCC(/C=C/c3ccc(OCCCC)c(F)c3F)CC2)CC1. The van der Waals surface area contributed by atoms with Crippen molar-refractivity contribution in [3.8, 4) is 5.75 Å². The summed E-state index contributed by atoms with van der Waals surface area (Å²) in [5.74, 6) is 1.64. The van der Waals surface area contributed by atoms with Gasteiger partial charge in [-0.3, -0.25) is 0 Å². The highest BCUT2D eigenvalue weighted by Gasteiger charge is 2.30. The van der Waals surface area contributed by atoms with Gasteiger partial charge in [0.25, 0.3) is 0 Å². The van der Waals surface area contributed by atoms with Gasteiger partial charge < -0.3 is 4.74 Å². The minimum atomic E-state index is -0.864. The Labute approximate surface area is 195 Å². The van der Waals surface area contributed by atoms with E-state index in [0.717, 1.165) is 30.6 Å². The molecule has 2 saturated carbocycles. The molecule has 2 fully saturated rings. The molecule has 1 nitrogen and oxygen atoms in total. The lowest BCUT2D eigenvalue weighted by Crippen LogP contribution is -2.25. The number of halogens is 2. The summed E-state index contributed by atoms with van der Waals surface area (Å²) in [7, 11) is 0. The van der Waals surface area contributed by atoms with Gasteiger partial charge in [-0.05, 0) is 80.8 Å². The molecule has 0 heterocycles. The van der Waals surface area contributed by atoms with Gasteiger partial charge in [0.15, 0.2) is 11.6 Å². The van der Waals surface area contributed by atoms with Crippen LogP contribution in [-0.2, 0) is 0 Å². The Bertz CT molecular complexity index is 697. The Kier molecular flexibility index (Phi) is 10.5. The zero-order valence-electron chi connectivity index (χ0n) is 20.4. The van der Waals surface area contributed by atoms with E-state index in [4.69, 9.17) is 4.74 Å². The fourth-order valence-corrected chi connectivity index (χ4v) is 5.79. The molecule has 0 atom stereocenters. The highest BCUT2D eigenvalue weighted by molar-refractivity contribution is 5.52. The number of hydrogen-bond donors (Lipinski definition) is 0. The Balaban J connectivity index is 1.43. The molecule has 3 rings (SSSR count). The standard InChI is InChI=1S/C29H44F2O/c1-3-5-7-8-22-9-14-24(15-10-22)25-16-11-23(12-17-25)13-18-26-19-20-27(29(31)28(26)30)32-21-6-4-2/h13,18-20,22-25H,3-12,14-17,21H2,1-2H3/b18-13+. The van der Waals surface area contributed by atoms with Crippen LogP contribution in [-0.4, -0.2) is 6.61 Å². The zero-order chi connectivity index (χ0) is 22.8. The smallest absolute Gasteiger partial charge is 0.201 e. The van der Waals surface area contributed by atoms with Crippen LogP contribution in [0.2, 0.25) is 0 Å². The predicted molar refractivity (Wildman–Crippen MR) is 131 cm³/mol. The first-order valence-corrected chi connectivity index (χ1v) is 13.4. The molecular weight excluding hydrogens is 402 g/mol. The minimum absolute atomic E-state index is 0.0219. The molecule has 0 aromatic heterocycles. The third-order valence-electron chi connectivity index (χ3n) is 7.97. The molecular formula is C29H44F2O. The summed E-state index contributed by atoms with van der Waals surface area (Å²) in [5.41, 5.74) is 0.328. The van der Waals surface area contributed by atoms with Crippen LogP contribution in [0.25, 0.3) is 6.08 Å². The Morgan fingerprint density at radius 2 is 1.47 bits per heavy atom. The highest BCUT2D eigenvalue weighted by atomic mass is 19.2. The van der Waals surface area contributed by atoms with Crippen LogP contribution in [0.15, 0.2) is 18.2 Å². The van der Waals surface area contributed by atoms with Gasteiger partial charge in [0.05, 0.1) is 6.61 Å². The van der Waals surface area contributed by atoms with Gasteiger partial charge in [-0.25, -0.2) is 4.39 Å². The first-order chi connectivity index (χ1) is 15.6. The molecule has 0 unspecified atom stereocenters. The van der Waals surface area contributed by atoms with Crippen molar-refractivity contribution >= 4 is 6.08 Å². The minimum Gasteiger partial charge on any atom is -0.490 e. The van der Waals surface area contributed by atoms with Crippen molar-refractivity contribution in [1.82, 2.24) is 0 Å². The van der Waals surface area contributed by atoms with Crippen molar-refractivity contribution in [3.63, 3.8) is 0 Å². The van der Waals surface area contributed by atoms with Crippen LogP contribution in [0.1, 0.15) is 109 Å². The summed E-state index contributed by atoms with van der Waals surface area (Å²) in [6, 6.07) is 3.20. The summed E-state index contributed by atoms with van der Waals surface area (Å²) in [6.45, 7) is 4.75. The quantitative estimate of drug-likeness (QED) is 0.308. The number of ether oxygens (including phenoxy) is 1. The average molecular weight is 447 g/mol. The first-order valence-electron chi connectivity index (χ1n) is 13.4. The maximum Gasteiger partial charge on any atom is 0.201 e. The van der Waals surface area contributed by atoms with Crippen LogP contribution in [0.3, 0.4) is 0 Å². The van der Waals surface area contributed by atoms with Crippen molar-refractivity contribution in [2.75, 3.05) is 6.61 Å². The molecule has 0 radical (unpaired) electrons. The molecule has 3 heteroatoms. The molecule has 2 aliphatic carbocycles. The molecule has 0 aliphatic heterocycles. The number of allylic oxidation sites excluding steroid dienone is 1. The van der Waals surface area contributed by atoms with Crippen molar-refractivity contribution in [2.24, 2.45) is 23.7 Å². The van der Waals surface area contributed by atoms with Gasteiger partial charge in [0.2, 0.25) is 5.82 Å². The lowest BCUT2D eigenvalue weighted by molar-refractivity contribution is 0.151. The van der Waals surface area contributed by atoms with Gasteiger partial charge in [-0.1, -0.05) is 70.9 Å². The second kappa shape index (κ2) is 13.4. The summed E-state index contributed by atoms with van der Waals surface area (Å²) in [6.07, 6.45) is 22.0. The molecule has 1 aromatic rings. The lowest BCUT2D eigenvalue weighted by atomic mass is 9.68. The highest BCUT2D eigenvalue weighted by Crippen LogP contribution is 2.42. The maximum atomic E-state index is 14.5. The number of hydrogen-bond acceptors (Lipinski definition) is 1. The van der Waals surface area contributed by atoms with Crippen molar-refractivity contribution in [2.45, 2.75) is 104 Å². The van der Waals surface area contributed by atoms with Crippen LogP contribution >= 0.6 is 0 Å². The summed E-state index contributed by atoms with van der Waals surface area (Å²) in [5, 5.41) is 0. The van der Waals surface area contributed by atoms with Crippen LogP contribution in [0.5, 0.6) is 5.75 Å². The van der Waals surface area contributed by atoms with E-state index < -0.39 is 11.6 Å². The number of benzene rings is 1. The van der Waals surface area contributed by atoms with Gasteiger partial charge in [0.1, 0.15) is 0 Å². The number of rotatable bonds is 11. The van der Waals surface area contributed by atoms with Crippen molar-refractivity contribution in [3.05, 3.63) is 35.4 Å². The summed E-state index contributed by atoms with van der Waals surface area (Å²) >= 11 is 0. The van der Waals surface area contributed by atoms with E-state index in [1.54, 1.807) is 18.2 Å². The van der Waals surface area contributed by atoms with Gasteiger partial charge >= 0.3 is 0 Å². The summed E-state index contributed by atoms with van der Waals surface area (Å²) in [4.78, 5) is 0. The molecule has 1 aromatic carbocycles. The molecule has 0 saturated heterocycles. The maximum absolute atomic E-state index is 14.5. The van der Waals surface area contributed by atoms with E-state index in [1.807, 2.05) is 6.92 Å². The normalized spacial score (nSPS) is 26.5. The van der Waals surface area contributed by atoms with E-state index >= 15 is 0 Å². The third-order valence-corrected chi connectivity index (χ3v) is 7.97. The van der Waals surface area contributed by atoms with Gasteiger partial charge in [-0.15, -0.1) is 0 Å². The topological polar surface area (TPSA) is 9.23 Å². The van der Waals surface area contributed by atoms with Crippen molar-refractivity contribution < 1.29 is 13.5 Å². The molecule has 0 amide bonds. The fourth-order valence-electron chi connectivity index (χ4n) is 5.79. The van der Waals surface area contributed by atoms with Crippen molar-refractivity contribution in [1.29, 1.82) is 0 Å². The van der Waals surface area contributed by atoms with E-state index in [1.165, 1.54) is 77.0 Å². The third kappa shape index (κ3) is 7.32. The molecule has 180 valence electrons. The Morgan fingerprint density at radius 3 is 2.12 bits per heavy atom. The largest absolute Gasteiger partial charge is 0.490 e. The van der Waals surface area contributed by atoms with Gasteiger partial charge in [0, 0.05) is 5.56 Å². The first kappa shape index (κ1) is 25.2. The molecule has 0 bridgehead atoms. The molecule has 2 aliphatic rings. The average Bonchev–Trinajstić information content (AvgIpc) is 2.82. The molecule has 0 N–H and O–H groups in total. The Hall–Kier alpha value is -1.38. The number of unbranched alkanes of at least 4 members (excludes halogenated alkanes) is 3. The zero-order valence-corrected chi connectivity index (χ0v) is 20.4. The van der Waals surface area contributed by atoms with E-state index in [9.17, 15) is 8.78 Å². The summed E-state index contributed by atoms with van der Waals surface area (Å²) < 4.78 is 34.1. The van der Waals surface area contributed by atoms with E-state index in [0.29, 0.717) is 18.1 Å². The fraction of sp³-hybridized carbons (Fsp3) is 0.724. The van der Waals surface area contributed by atoms with Gasteiger partial charge in [-0.2, -0.15) is 4.39 Å². The molecule has 0 spiro atoms. The van der Waals surface area contributed by atoms with Crippen LogP contribution in [0, 0.1) is 35.3 Å². The lowest BCUT2D eigenvalue weighted by Gasteiger charge is -2.37. The second-order valence-electron chi connectivity index (χ2n) is 10.3. The predicted octanol–water partition coefficient (Wildman–Crippen LogP) is 9.35. The Morgan fingerprint density at radius 1 is 0.812 bits per heavy atom. The van der Waals surface area contributed by atoms with E-state index in [-0.39, 0.29) is 5.75 Å². The molecule has 32 heavy (non-hydrogen) atoms. The van der Waals surface area contributed by atoms with Crippen LogP contribution in [0.4, 0.5) is 8.78 Å². The second-order valence-corrected chi connectivity index (χ2v) is 10.3.